The fraction of sp³-hybridized carbons (Fsp3) is 0.417. The summed E-state index contributed by atoms with van der Waals surface area (Å²) >= 11 is 3.36. The van der Waals surface area contributed by atoms with Crippen molar-refractivity contribution in [2.24, 2.45) is 0 Å². The molecule has 0 N–H and O–H groups in total. The molecule has 0 aliphatic heterocycles. The molecule has 0 saturated carbocycles. The number of Topliss-reactive ketones (excluding diaryl/α,β-unsaturated/α-hetero) is 1. The van der Waals surface area contributed by atoms with E-state index in [1.165, 1.54) is 0 Å². The van der Waals surface area contributed by atoms with Gasteiger partial charge in [0.2, 0.25) is 0 Å². The highest BCUT2D eigenvalue weighted by molar-refractivity contribution is 9.10. The van der Waals surface area contributed by atoms with Gasteiger partial charge in [-0.1, -0.05) is 35.0 Å². The molecule has 1 aromatic rings. The highest BCUT2D eigenvalue weighted by atomic mass is 79.9. The van der Waals surface area contributed by atoms with Gasteiger partial charge in [-0.3, -0.25) is 4.79 Å². The lowest BCUT2D eigenvalue weighted by Crippen LogP contribution is -2.23. The second-order valence-corrected chi connectivity index (χ2v) is 4.32. The topological polar surface area (TPSA) is 26.3 Å². The zero-order valence-corrected chi connectivity index (χ0v) is 10.6. The lowest BCUT2D eigenvalue weighted by atomic mass is 10.0. The van der Waals surface area contributed by atoms with Crippen molar-refractivity contribution in [3.63, 3.8) is 0 Å². The number of rotatable bonds is 5. The minimum absolute atomic E-state index is 0.141. The number of methoxy groups -OCH3 is 1. The zero-order valence-electron chi connectivity index (χ0n) is 9.00. The monoisotopic (exact) mass is 270 g/mol. The maximum absolute atomic E-state index is 11.7. The van der Waals surface area contributed by atoms with E-state index in [1.807, 2.05) is 31.2 Å². The maximum atomic E-state index is 11.7. The van der Waals surface area contributed by atoms with Crippen LogP contribution in [0.25, 0.3) is 0 Å². The Balaban J connectivity index is 2.61. The molecule has 1 rings (SSSR count). The summed E-state index contributed by atoms with van der Waals surface area (Å²) < 4.78 is 6.12. The summed E-state index contributed by atoms with van der Waals surface area (Å²) in [6.45, 7) is 1.95. The first-order chi connectivity index (χ1) is 7.17. The van der Waals surface area contributed by atoms with Crippen molar-refractivity contribution < 1.29 is 9.53 Å². The van der Waals surface area contributed by atoms with Gasteiger partial charge in [0.05, 0.1) is 0 Å². The Kier molecular flexibility index (Phi) is 4.99. The third-order valence-electron chi connectivity index (χ3n) is 2.31. The number of ketones is 1. The van der Waals surface area contributed by atoms with Gasteiger partial charge in [-0.25, -0.2) is 0 Å². The molecule has 1 unspecified atom stereocenters. The molecule has 0 saturated heterocycles. The van der Waals surface area contributed by atoms with Crippen LogP contribution in [0.15, 0.2) is 28.7 Å². The lowest BCUT2D eigenvalue weighted by molar-refractivity contribution is -0.128. The summed E-state index contributed by atoms with van der Waals surface area (Å²) in [7, 11) is 1.58. The SMILES string of the molecule is CCC(OC)C(=O)Cc1ccc(Br)cc1. The van der Waals surface area contributed by atoms with Gasteiger partial charge >= 0.3 is 0 Å². The second-order valence-electron chi connectivity index (χ2n) is 3.40. The van der Waals surface area contributed by atoms with Crippen LogP contribution in [-0.2, 0) is 16.0 Å². The molecule has 3 heteroatoms. The lowest BCUT2D eigenvalue weighted by Gasteiger charge is -2.11. The summed E-state index contributed by atoms with van der Waals surface area (Å²) in [6.07, 6.45) is 0.902. The maximum Gasteiger partial charge on any atom is 0.165 e. The van der Waals surface area contributed by atoms with Crippen LogP contribution < -0.4 is 0 Å². The van der Waals surface area contributed by atoms with Crippen molar-refractivity contribution in [2.75, 3.05) is 7.11 Å². The van der Waals surface area contributed by atoms with Crippen LogP contribution in [0, 0.1) is 0 Å². The second kappa shape index (κ2) is 6.03. The van der Waals surface area contributed by atoms with Gasteiger partial charge in [0.1, 0.15) is 6.10 Å². The van der Waals surface area contributed by atoms with Crippen molar-refractivity contribution >= 4 is 21.7 Å². The van der Waals surface area contributed by atoms with Gasteiger partial charge in [-0.2, -0.15) is 0 Å². The van der Waals surface area contributed by atoms with Gasteiger partial charge in [0, 0.05) is 18.0 Å². The summed E-state index contributed by atoms with van der Waals surface area (Å²) in [5.74, 6) is 0.141. The molecule has 0 fully saturated rings. The molecule has 0 bridgehead atoms. The molecule has 0 spiro atoms. The van der Waals surface area contributed by atoms with E-state index in [9.17, 15) is 4.79 Å². The number of benzene rings is 1. The van der Waals surface area contributed by atoms with Crippen LogP contribution in [0.2, 0.25) is 0 Å². The summed E-state index contributed by atoms with van der Waals surface area (Å²) in [4.78, 5) is 11.7. The number of halogens is 1. The molecule has 1 aromatic carbocycles. The number of hydrogen-bond acceptors (Lipinski definition) is 2. The third kappa shape index (κ3) is 3.76. The van der Waals surface area contributed by atoms with E-state index in [0.717, 1.165) is 16.5 Å². The molecular formula is C12H15BrO2. The Bertz CT molecular complexity index is 315. The molecule has 2 nitrogen and oxygen atoms in total. The standard InChI is InChI=1S/C12H15BrO2/c1-3-12(15-2)11(14)8-9-4-6-10(13)7-5-9/h4-7,12H,3,8H2,1-2H3. The van der Waals surface area contributed by atoms with Gasteiger partial charge in [0.25, 0.3) is 0 Å². The molecule has 15 heavy (non-hydrogen) atoms. The average molecular weight is 271 g/mol. The van der Waals surface area contributed by atoms with Crippen LogP contribution in [0.3, 0.4) is 0 Å². The van der Waals surface area contributed by atoms with Crippen LogP contribution in [0.1, 0.15) is 18.9 Å². The van der Waals surface area contributed by atoms with Gasteiger partial charge in [-0.15, -0.1) is 0 Å². The van der Waals surface area contributed by atoms with Gasteiger partial charge in [0.15, 0.2) is 5.78 Å². The first-order valence-electron chi connectivity index (χ1n) is 4.97. The quantitative estimate of drug-likeness (QED) is 0.823. The Morgan fingerprint density at radius 3 is 2.47 bits per heavy atom. The minimum atomic E-state index is -0.270. The fourth-order valence-corrected chi connectivity index (χ4v) is 1.71. The van der Waals surface area contributed by atoms with E-state index in [-0.39, 0.29) is 11.9 Å². The van der Waals surface area contributed by atoms with E-state index >= 15 is 0 Å². The normalized spacial score (nSPS) is 12.5. The number of ether oxygens (including phenoxy) is 1. The Hall–Kier alpha value is -0.670. The predicted octanol–water partition coefficient (Wildman–Crippen LogP) is 2.99. The number of hydrogen-bond donors (Lipinski definition) is 0. The third-order valence-corrected chi connectivity index (χ3v) is 2.83. The molecule has 0 aromatic heterocycles. The van der Waals surface area contributed by atoms with Gasteiger partial charge < -0.3 is 4.74 Å². The van der Waals surface area contributed by atoms with E-state index < -0.39 is 0 Å². The Morgan fingerprint density at radius 1 is 1.40 bits per heavy atom. The highest BCUT2D eigenvalue weighted by Gasteiger charge is 2.15. The minimum Gasteiger partial charge on any atom is -0.374 e. The van der Waals surface area contributed by atoms with E-state index in [1.54, 1.807) is 7.11 Å². The summed E-state index contributed by atoms with van der Waals surface area (Å²) in [5, 5.41) is 0. The molecular weight excluding hydrogens is 256 g/mol. The molecule has 82 valence electrons. The molecule has 0 radical (unpaired) electrons. The van der Waals surface area contributed by atoms with E-state index in [0.29, 0.717) is 6.42 Å². The van der Waals surface area contributed by atoms with Crippen LogP contribution in [0.4, 0.5) is 0 Å². The Labute approximate surface area is 98.8 Å². The molecule has 0 aliphatic carbocycles. The summed E-state index contributed by atoms with van der Waals surface area (Å²) in [6, 6.07) is 7.78. The van der Waals surface area contributed by atoms with Crippen molar-refractivity contribution in [3.05, 3.63) is 34.3 Å². The summed E-state index contributed by atoms with van der Waals surface area (Å²) in [5.41, 5.74) is 1.03. The van der Waals surface area contributed by atoms with Crippen LogP contribution >= 0.6 is 15.9 Å². The van der Waals surface area contributed by atoms with Crippen molar-refractivity contribution in [1.82, 2.24) is 0 Å². The molecule has 0 aliphatic rings. The van der Waals surface area contributed by atoms with Crippen molar-refractivity contribution in [3.8, 4) is 0 Å². The van der Waals surface area contributed by atoms with Crippen molar-refractivity contribution in [1.29, 1.82) is 0 Å². The molecule has 0 heterocycles. The Morgan fingerprint density at radius 2 is 2.00 bits per heavy atom. The predicted molar refractivity (Wildman–Crippen MR) is 63.9 cm³/mol. The zero-order chi connectivity index (χ0) is 11.3. The van der Waals surface area contributed by atoms with E-state index in [2.05, 4.69) is 15.9 Å². The number of carbonyl (C=O) groups excluding carboxylic acids is 1. The van der Waals surface area contributed by atoms with Crippen LogP contribution in [-0.4, -0.2) is 19.0 Å². The van der Waals surface area contributed by atoms with Crippen molar-refractivity contribution in [2.45, 2.75) is 25.9 Å². The first kappa shape index (κ1) is 12.4. The molecule has 0 amide bonds. The van der Waals surface area contributed by atoms with Crippen LogP contribution in [0.5, 0.6) is 0 Å². The van der Waals surface area contributed by atoms with E-state index in [4.69, 9.17) is 4.74 Å². The first-order valence-corrected chi connectivity index (χ1v) is 5.76. The number of carbonyl (C=O) groups is 1. The largest absolute Gasteiger partial charge is 0.374 e. The average Bonchev–Trinajstić information content (AvgIpc) is 2.23. The highest BCUT2D eigenvalue weighted by Crippen LogP contribution is 2.12. The van der Waals surface area contributed by atoms with Gasteiger partial charge in [-0.05, 0) is 24.1 Å². The fourth-order valence-electron chi connectivity index (χ4n) is 1.44. The molecule has 1 atom stereocenters. The smallest absolute Gasteiger partial charge is 0.165 e.